The van der Waals surface area contributed by atoms with Gasteiger partial charge in [-0.3, -0.25) is 4.79 Å². The Morgan fingerprint density at radius 1 is 1.08 bits per heavy atom. The minimum atomic E-state index is -1.03. The summed E-state index contributed by atoms with van der Waals surface area (Å²) in [6, 6.07) is 16.0. The number of nitrogens with one attached hydrogen (secondary N) is 1. The molecule has 2 atom stereocenters. The first-order valence-corrected chi connectivity index (χ1v) is 8.73. The van der Waals surface area contributed by atoms with E-state index >= 15 is 0 Å². The molecule has 0 aliphatic rings. The van der Waals surface area contributed by atoms with Crippen molar-refractivity contribution in [3.63, 3.8) is 0 Å². The monoisotopic (exact) mass is 355 g/mol. The fourth-order valence-electron chi connectivity index (χ4n) is 2.90. The third kappa shape index (κ3) is 5.62. The molecular formula is C21H25NO4. The Labute approximate surface area is 154 Å². The van der Waals surface area contributed by atoms with Crippen molar-refractivity contribution in [3.8, 4) is 5.75 Å². The summed E-state index contributed by atoms with van der Waals surface area (Å²) in [4.78, 5) is 23.9. The molecule has 0 radical (unpaired) electrons. The van der Waals surface area contributed by atoms with Gasteiger partial charge in [-0.15, -0.1) is 0 Å². The number of carbonyl (C=O) groups excluding carboxylic acids is 1. The molecule has 1 amide bonds. The zero-order chi connectivity index (χ0) is 18.9. The minimum absolute atomic E-state index is 0.0343. The third-order valence-electron chi connectivity index (χ3n) is 4.43. The SMILES string of the molecule is CCC(CC(=O)N[C@H](Cc1ccccc1)C(=O)O)c1ccc(OC)cc1. The van der Waals surface area contributed by atoms with Gasteiger partial charge in [-0.25, -0.2) is 4.79 Å². The number of rotatable bonds is 9. The molecule has 0 aliphatic carbocycles. The van der Waals surface area contributed by atoms with Gasteiger partial charge < -0.3 is 15.2 Å². The number of carboxylic acid groups (broad SMARTS) is 1. The zero-order valence-electron chi connectivity index (χ0n) is 15.1. The topological polar surface area (TPSA) is 75.6 Å². The number of amides is 1. The van der Waals surface area contributed by atoms with Crippen molar-refractivity contribution in [2.45, 2.75) is 38.1 Å². The Hall–Kier alpha value is -2.82. The van der Waals surface area contributed by atoms with E-state index in [2.05, 4.69) is 5.32 Å². The molecule has 26 heavy (non-hydrogen) atoms. The van der Waals surface area contributed by atoms with Gasteiger partial charge >= 0.3 is 5.97 Å². The number of aliphatic carboxylic acids is 1. The van der Waals surface area contributed by atoms with E-state index in [4.69, 9.17) is 4.74 Å². The maximum atomic E-state index is 12.4. The predicted octanol–water partition coefficient (Wildman–Crippen LogP) is 3.39. The van der Waals surface area contributed by atoms with Crippen LogP contribution in [0.1, 0.15) is 36.8 Å². The largest absolute Gasteiger partial charge is 0.497 e. The van der Waals surface area contributed by atoms with Gasteiger partial charge in [0.2, 0.25) is 5.91 Å². The summed E-state index contributed by atoms with van der Waals surface area (Å²) in [5.41, 5.74) is 1.92. The van der Waals surface area contributed by atoms with Gasteiger partial charge in [-0.2, -0.15) is 0 Å². The molecule has 5 nitrogen and oxygen atoms in total. The van der Waals surface area contributed by atoms with Gasteiger partial charge in [-0.1, -0.05) is 49.4 Å². The Morgan fingerprint density at radius 3 is 2.27 bits per heavy atom. The molecular weight excluding hydrogens is 330 g/mol. The van der Waals surface area contributed by atoms with Gasteiger partial charge in [0.1, 0.15) is 11.8 Å². The second-order valence-corrected chi connectivity index (χ2v) is 6.23. The van der Waals surface area contributed by atoms with Gasteiger partial charge in [0.05, 0.1) is 7.11 Å². The summed E-state index contributed by atoms with van der Waals surface area (Å²) < 4.78 is 5.15. The molecule has 0 aromatic heterocycles. The lowest BCUT2D eigenvalue weighted by molar-refractivity contribution is -0.141. The van der Waals surface area contributed by atoms with Crippen LogP contribution in [0.4, 0.5) is 0 Å². The van der Waals surface area contributed by atoms with E-state index in [0.29, 0.717) is 0 Å². The fourth-order valence-corrected chi connectivity index (χ4v) is 2.90. The summed E-state index contributed by atoms with van der Waals surface area (Å²) >= 11 is 0. The summed E-state index contributed by atoms with van der Waals surface area (Å²) in [7, 11) is 1.61. The smallest absolute Gasteiger partial charge is 0.326 e. The summed E-state index contributed by atoms with van der Waals surface area (Å²) in [6.07, 6.45) is 1.30. The van der Waals surface area contributed by atoms with Crippen molar-refractivity contribution < 1.29 is 19.4 Å². The lowest BCUT2D eigenvalue weighted by Crippen LogP contribution is -2.42. The van der Waals surface area contributed by atoms with Gasteiger partial charge in [0, 0.05) is 12.8 Å². The van der Waals surface area contributed by atoms with Crippen molar-refractivity contribution >= 4 is 11.9 Å². The second kappa shape index (κ2) is 9.61. The summed E-state index contributed by atoms with van der Waals surface area (Å²) in [5.74, 6) is -0.482. The lowest BCUT2D eigenvalue weighted by atomic mass is 9.92. The number of hydrogen-bond donors (Lipinski definition) is 2. The first kappa shape index (κ1) is 19.5. The van der Waals surface area contributed by atoms with Crippen LogP contribution in [0.25, 0.3) is 0 Å². The molecule has 0 heterocycles. The summed E-state index contributed by atoms with van der Waals surface area (Å²) in [5, 5.41) is 12.1. The van der Waals surface area contributed by atoms with E-state index < -0.39 is 12.0 Å². The molecule has 0 saturated heterocycles. The van der Waals surface area contributed by atoms with Crippen LogP contribution in [0.15, 0.2) is 54.6 Å². The number of carbonyl (C=O) groups is 2. The van der Waals surface area contributed by atoms with Crippen molar-refractivity contribution in [1.82, 2.24) is 5.32 Å². The normalized spacial score (nSPS) is 12.8. The lowest BCUT2D eigenvalue weighted by Gasteiger charge is -2.19. The molecule has 2 aromatic carbocycles. The Bertz CT molecular complexity index is 713. The number of benzene rings is 2. The number of hydrogen-bond acceptors (Lipinski definition) is 3. The standard InChI is InChI=1S/C21H25NO4/c1-3-16(17-9-11-18(26-2)12-10-17)14-20(23)22-19(21(24)25)13-15-7-5-4-6-8-15/h4-12,16,19H,3,13-14H2,1-2H3,(H,22,23)(H,24,25)/t16?,19-/m1/s1. The molecule has 0 bridgehead atoms. The quantitative estimate of drug-likeness (QED) is 0.723. The highest BCUT2D eigenvalue weighted by atomic mass is 16.5. The molecule has 2 rings (SSSR count). The molecule has 0 fully saturated rings. The zero-order valence-corrected chi connectivity index (χ0v) is 15.1. The van der Waals surface area contributed by atoms with E-state index in [-0.39, 0.29) is 24.7 Å². The van der Waals surface area contributed by atoms with Crippen LogP contribution >= 0.6 is 0 Å². The third-order valence-corrected chi connectivity index (χ3v) is 4.43. The van der Waals surface area contributed by atoms with E-state index in [0.717, 1.165) is 23.3 Å². The fraction of sp³-hybridized carbons (Fsp3) is 0.333. The molecule has 0 aliphatic heterocycles. The average molecular weight is 355 g/mol. The first-order valence-electron chi connectivity index (χ1n) is 8.73. The number of carboxylic acids is 1. The molecule has 2 aromatic rings. The Kier molecular flexibility index (Phi) is 7.21. The van der Waals surface area contributed by atoms with Gasteiger partial charge in [0.15, 0.2) is 0 Å². The van der Waals surface area contributed by atoms with Gasteiger partial charge in [0.25, 0.3) is 0 Å². The van der Waals surface area contributed by atoms with Crippen LogP contribution in [0.5, 0.6) is 5.75 Å². The molecule has 0 saturated carbocycles. The van der Waals surface area contributed by atoms with E-state index in [9.17, 15) is 14.7 Å². The maximum Gasteiger partial charge on any atom is 0.326 e. The average Bonchev–Trinajstić information content (AvgIpc) is 2.66. The number of methoxy groups -OCH3 is 1. The van der Waals surface area contributed by atoms with Gasteiger partial charge in [-0.05, 0) is 35.6 Å². The molecule has 1 unspecified atom stereocenters. The van der Waals surface area contributed by atoms with Crippen LogP contribution in [0.3, 0.4) is 0 Å². The first-order chi connectivity index (χ1) is 12.5. The predicted molar refractivity (Wildman–Crippen MR) is 100 cm³/mol. The van der Waals surface area contributed by atoms with Crippen molar-refractivity contribution in [3.05, 3.63) is 65.7 Å². The molecule has 5 heteroatoms. The van der Waals surface area contributed by atoms with E-state index in [1.165, 1.54) is 0 Å². The van der Waals surface area contributed by atoms with Crippen molar-refractivity contribution in [1.29, 1.82) is 0 Å². The molecule has 0 spiro atoms. The second-order valence-electron chi connectivity index (χ2n) is 6.23. The van der Waals surface area contributed by atoms with Crippen LogP contribution in [-0.4, -0.2) is 30.1 Å². The highest BCUT2D eigenvalue weighted by Gasteiger charge is 2.22. The van der Waals surface area contributed by atoms with E-state index in [1.54, 1.807) is 7.11 Å². The molecule has 2 N–H and O–H groups in total. The highest BCUT2D eigenvalue weighted by molar-refractivity contribution is 5.84. The van der Waals surface area contributed by atoms with Crippen molar-refractivity contribution in [2.75, 3.05) is 7.11 Å². The Morgan fingerprint density at radius 2 is 1.73 bits per heavy atom. The van der Waals surface area contributed by atoms with Crippen LogP contribution < -0.4 is 10.1 Å². The Balaban J connectivity index is 1.99. The number of ether oxygens (including phenoxy) is 1. The summed E-state index contributed by atoms with van der Waals surface area (Å²) in [6.45, 7) is 2.01. The minimum Gasteiger partial charge on any atom is -0.497 e. The maximum absolute atomic E-state index is 12.4. The van der Waals surface area contributed by atoms with Crippen LogP contribution in [0.2, 0.25) is 0 Å². The highest BCUT2D eigenvalue weighted by Crippen LogP contribution is 2.25. The van der Waals surface area contributed by atoms with Crippen LogP contribution in [-0.2, 0) is 16.0 Å². The van der Waals surface area contributed by atoms with Crippen molar-refractivity contribution in [2.24, 2.45) is 0 Å². The van der Waals surface area contributed by atoms with E-state index in [1.807, 2.05) is 61.5 Å². The molecule has 138 valence electrons. The van der Waals surface area contributed by atoms with Crippen LogP contribution in [0, 0.1) is 0 Å².